The van der Waals surface area contributed by atoms with Gasteiger partial charge >= 0.3 is 0 Å². The van der Waals surface area contributed by atoms with Crippen molar-refractivity contribution < 1.29 is 9.90 Å². The number of halogens is 2. The predicted octanol–water partition coefficient (Wildman–Crippen LogP) is 2.96. The van der Waals surface area contributed by atoms with Gasteiger partial charge in [0.05, 0.1) is 28.6 Å². The van der Waals surface area contributed by atoms with E-state index in [-0.39, 0.29) is 18.4 Å². The van der Waals surface area contributed by atoms with Crippen LogP contribution in [0.25, 0.3) is 0 Å². The Morgan fingerprint density at radius 3 is 2.68 bits per heavy atom. The molecule has 0 bridgehead atoms. The molecule has 0 spiro atoms. The zero-order valence-corrected chi connectivity index (χ0v) is 12.0. The quantitative estimate of drug-likeness (QED) is 0.902. The number of hydrogen-bond donors (Lipinski definition) is 2. The molecule has 0 aromatic heterocycles. The first-order valence-electron chi connectivity index (χ1n) is 6.47. The van der Waals surface area contributed by atoms with E-state index in [2.05, 4.69) is 5.32 Å². The fourth-order valence-electron chi connectivity index (χ4n) is 2.37. The van der Waals surface area contributed by atoms with Crippen molar-refractivity contribution in [3.63, 3.8) is 0 Å². The Balaban J connectivity index is 1.91. The van der Waals surface area contributed by atoms with Crippen LogP contribution in [0.2, 0.25) is 10.0 Å². The smallest absolute Gasteiger partial charge is 0.224 e. The summed E-state index contributed by atoms with van der Waals surface area (Å²) in [6.45, 7) is 0. The molecule has 3 nitrogen and oxygen atoms in total. The highest BCUT2D eigenvalue weighted by molar-refractivity contribution is 6.42. The van der Waals surface area contributed by atoms with Crippen LogP contribution in [0, 0.1) is 0 Å². The second-order valence-electron chi connectivity index (χ2n) is 4.95. The highest BCUT2D eigenvalue weighted by Crippen LogP contribution is 2.23. The van der Waals surface area contributed by atoms with Crippen LogP contribution < -0.4 is 5.32 Å². The summed E-state index contributed by atoms with van der Waals surface area (Å²) in [7, 11) is 0. The number of amides is 1. The van der Waals surface area contributed by atoms with Crippen molar-refractivity contribution in [2.75, 3.05) is 0 Å². The number of hydrogen-bond acceptors (Lipinski definition) is 2. The molecular formula is C14H17Cl2NO2. The van der Waals surface area contributed by atoms with Gasteiger partial charge in [-0.2, -0.15) is 0 Å². The van der Waals surface area contributed by atoms with Crippen molar-refractivity contribution in [1.82, 2.24) is 5.32 Å². The lowest BCUT2D eigenvalue weighted by Crippen LogP contribution is -2.45. The molecule has 2 N–H and O–H groups in total. The van der Waals surface area contributed by atoms with Crippen molar-refractivity contribution in [2.45, 2.75) is 44.2 Å². The lowest BCUT2D eigenvalue weighted by atomic mass is 9.92. The predicted molar refractivity (Wildman–Crippen MR) is 76.6 cm³/mol. The summed E-state index contributed by atoms with van der Waals surface area (Å²) in [5.41, 5.74) is 0.817. The van der Waals surface area contributed by atoms with Gasteiger partial charge in [0.15, 0.2) is 0 Å². The first kappa shape index (κ1) is 14.6. The second-order valence-corrected chi connectivity index (χ2v) is 5.77. The number of aliphatic hydroxyl groups excluding tert-OH is 1. The van der Waals surface area contributed by atoms with E-state index in [0.717, 1.165) is 31.2 Å². The molecule has 1 aromatic rings. The molecule has 0 aliphatic heterocycles. The van der Waals surface area contributed by atoms with Gasteiger partial charge in [-0.05, 0) is 30.5 Å². The summed E-state index contributed by atoms with van der Waals surface area (Å²) in [6.07, 6.45) is 3.51. The number of carbonyl (C=O) groups is 1. The van der Waals surface area contributed by atoms with Crippen molar-refractivity contribution in [1.29, 1.82) is 0 Å². The van der Waals surface area contributed by atoms with E-state index >= 15 is 0 Å². The van der Waals surface area contributed by atoms with Crippen LogP contribution in [0.1, 0.15) is 31.2 Å². The Morgan fingerprint density at radius 1 is 1.26 bits per heavy atom. The van der Waals surface area contributed by atoms with E-state index < -0.39 is 6.10 Å². The van der Waals surface area contributed by atoms with E-state index in [1.54, 1.807) is 18.2 Å². The summed E-state index contributed by atoms with van der Waals surface area (Å²) < 4.78 is 0. The van der Waals surface area contributed by atoms with Gasteiger partial charge in [0.1, 0.15) is 0 Å². The molecule has 2 atom stereocenters. The standard InChI is InChI=1S/C14H17Cl2NO2/c15-10-6-5-9(7-11(10)16)8-14(19)17-12-3-1-2-4-13(12)18/h5-7,12-13,18H,1-4,8H2,(H,17,19)/t12-,13-/m1/s1. The average Bonchev–Trinajstić information content (AvgIpc) is 2.37. The Kier molecular flexibility index (Phi) is 5.08. The normalized spacial score (nSPS) is 23.1. The zero-order valence-electron chi connectivity index (χ0n) is 10.5. The van der Waals surface area contributed by atoms with Gasteiger partial charge in [-0.1, -0.05) is 42.1 Å². The third-order valence-electron chi connectivity index (χ3n) is 3.42. The van der Waals surface area contributed by atoms with E-state index in [1.165, 1.54) is 0 Å². The summed E-state index contributed by atoms with van der Waals surface area (Å²) >= 11 is 11.7. The molecular weight excluding hydrogens is 285 g/mol. The van der Waals surface area contributed by atoms with Gasteiger partial charge in [-0.15, -0.1) is 0 Å². The summed E-state index contributed by atoms with van der Waals surface area (Å²) in [4.78, 5) is 11.9. The van der Waals surface area contributed by atoms with Gasteiger partial charge in [-0.3, -0.25) is 4.79 Å². The maximum absolute atomic E-state index is 11.9. The van der Waals surface area contributed by atoms with E-state index in [1.807, 2.05) is 0 Å². The Labute approximate surface area is 122 Å². The van der Waals surface area contributed by atoms with Gasteiger partial charge in [0.2, 0.25) is 5.91 Å². The van der Waals surface area contributed by atoms with Crippen LogP contribution in [0.4, 0.5) is 0 Å². The highest BCUT2D eigenvalue weighted by Gasteiger charge is 2.24. The molecule has 1 saturated carbocycles. The molecule has 1 aliphatic rings. The summed E-state index contributed by atoms with van der Waals surface area (Å²) in [5, 5.41) is 13.6. The minimum absolute atomic E-state index is 0.0932. The van der Waals surface area contributed by atoms with Gasteiger partial charge in [-0.25, -0.2) is 0 Å². The molecule has 1 aromatic carbocycles. The fraction of sp³-hybridized carbons (Fsp3) is 0.500. The molecule has 5 heteroatoms. The van der Waals surface area contributed by atoms with Crippen molar-refractivity contribution >= 4 is 29.1 Å². The SMILES string of the molecule is O=C(Cc1ccc(Cl)c(Cl)c1)N[C@@H]1CCCC[C@H]1O. The van der Waals surface area contributed by atoms with Gasteiger partial charge < -0.3 is 10.4 Å². The maximum atomic E-state index is 11.9. The Hall–Kier alpha value is -0.770. The molecule has 0 saturated heterocycles. The number of nitrogens with one attached hydrogen (secondary N) is 1. The molecule has 19 heavy (non-hydrogen) atoms. The molecule has 1 aliphatic carbocycles. The number of benzene rings is 1. The first-order valence-corrected chi connectivity index (χ1v) is 7.23. The average molecular weight is 302 g/mol. The Bertz CT molecular complexity index is 465. The minimum atomic E-state index is -0.425. The zero-order chi connectivity index (χ0) is 13.8. The van der Waals surface area contributed by atoms with Gasteiger partial charge in [0, 0.05) is 0 Å². The van der Waals surface area contributed by atoms with E-state index in [0.29, 0.717) is 10.0 Å². The van der Waals surface area contributed by atoms with E-state index in [4.69, 9.17) is 23.2 Å². The fourth-order valence-corrected chi connectivity index (χ4v) is 2.69. The molecule has 0 unspecified atom stereocenters. The van der Waals surface area contributed by atoms with Crippen LogP contribution in [0.5, 0.6) is 0 Å². The Morgan fingerprint density at radius 2 is 2.00 bits per heavy atom. The summed E-state index contributed by atoms with van der Waals surface area (Å²) in [5.74, 6) is -0.0932. The molecule has 1 amide bonds. The van der Waals surface area contributed by atoms with Crippen molar-refractivity contribution in [3.05, 3.63) is 33.8 Å². The molecule has 2 rings (SSSR count). The van der Waals surface area contributed by atoms with Crippen LogP contribution in [-0.2, 0) is 11.2 Å². The minimum Gasteiger partial charge on any atom is -0.391 e. The van der Waals surface area contributed by atoms with Crippen molar-refractivity contribution in [2.24, 2.45) is 0 Å². The maximum Gasteiger partial charge on any atom is 0.224 e. The molecule has 1 fully saturated rings. The molecule has 104 valence electrons. The van der Waals surface area contributed by atoms with Gasteiger partial charge in [0.25, 0.3) is 0 Å². The number of aliphatic hydroxyl groups is 1. The monoisotopic (exact) mass is 301 g/mol. The van der Waals surface area contributed by atoms with Crippen LogP contribution in [0.3, 0.4) is 0 Å². The van der Waals surface area contributed by atoms with Crippen LogP contribution in [-0.4, -0.2) is 23.2 Å². The lowest BCUT2D eigenvalue weighted by Gasteiger charge is -2.28. The molecule has 0 radical (unpaired) electrons. The van der Waals surface area contributed by atoms with E-state index in [9.17, 15) is 9.90 Å². The number of carbonyl (C=O) groups excluding carboxylic acids is 1. The lowest BCUT2D eigenvalue weighted by molar-refractivity contribution is -0.122. The number of rotatable bonds is 3. The second kappa shape index (κ2) is 6.60. The summed E-state index contributed by atoms with van der Waals surface area (Å²) in [6, 6.07) is 5.04. The molecule has 0 heterocycles. The van der Waals surface area contributed by atoms with Crippen LogP contribution in [0.15, 0.2) is 18.2 Å². The third-order valence-corrected chi connectivity index (χ3v) is 4.16. The third kappa shape index (κ3) is 4.10. The largest absolute Gasteiger partial charge is 0.391 e. The topological polar surface area (TPSA) is 49.3 Å². The van der Waals surface area contributed by atoms with Crippen LogP contribution >= 0.6 is 23.2 Å². The first-order chi connectivity index (χ1) is 9.06. The van der Waals surface area contributed by atoms with Crippen molar-refractivity contribution in [3.8, 4) is 0 Å². The highest BCUT2D eigenvalue weighted by atomic mass is 35.5.